The number of carbonyl (C=O) groups excluding carboxylic acids is 2. The molecule has 8 nitrogen and oxygen atoms in total. The molecule has 0 bridgehead atoms. The number of halogens is 1. The molecule has 220 valence electrons. The van der Waals surface area contributed by atoms with E-state index in [-0.39, 0.29) is 25.4 Å². The second kappa shape index (κ2) is 16.0. The quantitative estimate of drug-likeness (QED) is 0.259. The van der Waals surface area contributed by atoms with Crippen LogP contribution < -0.4 is 5.32 Å². The van der Waals surface area contributed by atoms with E-state index in [0.717, 1.165) is 21.7 Å². The molecule has 1 N–H and O–H groups in total. The number of rotatable bonds is 16. The fourth-order valence-corrected chi connectivity index (χ4v) is 5.04. The fraction of sp³-hybridized carbons (Fsp3) is 0.355. The van der Waals surface area contributed by atoms with E-state index < -0.39 is 34.3 Å². The second-order valence-corrected chi connectivity index (χ2v) is 11.7. The summed E-state index contributed by atoms with van der Waals surface area (Å²) in [6, 6.07) is 23.0. The number of sulfonamides is 1. The molecule has 41 heavy (non-hydrogen) atoms. The van der Waals surface area contributed by atoms with Gasteiger partial charge in [-0.2, -0.15) is 4.31 Å². The van der Waals surface area contributed by atoms with Crippen LogP contribution in [0, 0.1) is 5.82 Å². The van der Waals surface area contributed by atoms with Crippen molar-refractivity contribution in [3.05, 3.63) is 107 Å². The van der Waals surface area contributed by atoms with E-state index >= 15 is 0 Å². The molecule has 2 amide bonds. The van der Waals surface area contributed by atoms with Gasteiger partial charge in [0.1, 0.15) is 11.9 Å². The molecule has 0 aliphatic heterocycles. The first kappa shape index (κ1) is 31.9. The van der Waals surface area contributed by atoms with E-state index in [1.807, 2.05) is 43.3 Å². The molecule has 0 aromatic heterocycles. The Labute approximate surface area is 242 Å². The Hall–Kier alpha value is -3.60. The van der Waals surface area contributed by atoms with Crippen LogP contribution in [0.2, 0.25) is 0 Å². The van der Waals surface area contributed by atoms with Crippen LogP contribution in [0.5, 0.6) is 0 Å². The average Bonchev–Trinajstić information content (AvgIpc) is 2.96. The Balaban J connectivity index is 1.94. The number of nitrogens with one attached hydrogen (secondary N) is 1. The summed E-state index contributed by atoms with van der Waals surface area (Å²) >= 11 is 0. The fourth-order valence-electron chi connectivity index (χ4n) is 4.31. The van der Waals surface area contributed by atoms with Gasteiger partial charge in [-0.3, -0.25) is 9.59 Å². The van der Waals surface area contributed by atoms with Gasteiger partial charge in [0.25, 0.3) is 0 Å². The number of benzene rings is 3. The molecule has 0 aliphatic rings. The van der Waals surface area contributed by atoms with Crippen LogP contribution >= 0.6 is 0 Å². The van der Waals surface area contributed by atoms with Crippen LogP contribution in [0.15, 0.2) is 84.9 Å². The molecule has 0 heterocycles. The molecule has 0 spiro atoms. The summed E-state index contributed by atoms with van der Waals surface area (Å²) in [4.78, 5) is 29.0. The predicted molar refractivity (Wildman–Crippen MR) is 157 cm³/mol. The van der Waals surface area contributed by atoms with Crippen LogP contribution in [-0.4, -0.2) is 68.0 Å². The summed E-state index contributed by atoms with van der Waals surface area (Å²) in [7, 11) is -3.78. The lowest BCUT2D eigenvalue weighted by molar-refractivity contribution is -0.141. The molecular weight excluding hydrogens is 545 g/mol. The normalized spacial score (nSPS) is 12.2. The number of ether oxygens (including phenoxy) is 1. The SMILES string of the molecule is CCOCCCNC(=O)C(Cc1ccccc1)N(Cc1ccc(F)cc1)C(=O)CN(Cc1ccccc1)S(C)(=O)=O. The summed E-state index contributed by atoms with van der Waals surface area (Å²) in [5.41, 5.74) is 2.17. The summed E-state index contributed by atoms with van der Waals surface area (Å²) in [5.74, 6) is -1.33. The summed E-state index contributed by atoms with van der Waals surface area (Å²) in [5, 5.41) is 2.91. The lowest BCUT2D eigenvalue weighted by Crippen LogP contribution is -2.53. The van der Waals surface area contributed by atoms with Gasteiger partial charge in [-0.15, -0.1) is 0 Å². The third kappa shape index (κ3) is 10.7. The van der Waals surface area contributed by atoms with Gasteiger partial charge in [0.15, 0.2) is 0 Å². The molecule has 1 unspecified atom stereocenters. The van der Waals surface area contributed by atoms with E-state index in [0.29, 0.717) is 31.7 Å². The topological polar surface area (TPSA) is 96.0 Å². The Bertz CT molecular complexity index is 1340. The molecule has 3 aromatic rings. The van der Waals surface area contributed by atoms with Crippen molar-refractivity contribution in [1.29, 1.82) is 0 Å². The number of amides is 2. The first-order chi connectivity index (χ1) is 19.7. The maximum Gasteiger partial charge on any atom is 0.243 e. The predicted octanol–water partition coefficient (Wildman–Crippen LogP) is 3.77. The van der Waals surface area contributed by atoms with Crippen LogP contribution in [0.4, 0.5) is 4.39 Å². The standard InChI is InChI=1S/C31H38FN3O5S/c1-3-40-20-10-19-33-31(37)29(21-25-11-6-4-7-12-25)35(23-27-15-17-28(32)18-16-27)30(36)24-34(41(2,38)39)22-26-13-8-5-9-14-26/h4-9,11-18,29H,3,10,19-24H2,1-2H3,(H,33,37). The third-order valence-electron chi connectivity index (χ3n) is 6.49. The number of carbonyl (C=O) groups is 2. The molecule has 10 heteroatoms. The summed E-state index contributed by atoms with van der Waals surface area (Å²) < 4.78 is 45.6. The molecule has 0 aliphatic carbocycles. The van der Waals surface area contributed by atoms with Gasteiger partial charge in [0, 0.05) is 39.3 Å². The minimum absolute atomic E-state index is 0.00276. The van der Waals surface area contributed by atoms with E-state index in [4.69, 9.17) is 4.74 Å². The highest BCUT2D eigenvalue weighted by molar-refractivity contribution is 7.88. The van der Waals surface area contributed by atoms with Crippen molar-refractivity contribution < 1.29 is 27.1 Å². The first-order valence-electron chi connectivity index (χ1n) is 13.6. The zero-order valence-corrected chi connectivity index (χ0v) is 24.4. The molecule has 3 rings (SSSR count). The van der Waals surface area contributed by atoms with Gasteiger partial charge in [0.05, 0.1) is 12.8 Å². The van der Waals surface area contributed by atoms with Crippen molar-refractivity contribution >= 4 is 21.8 Å². The van der Waals surface area contributed by atoms with Crippen molar-refractivity contribution in [3.63, 3.8) is 0 Å². The minimum atomic E-state index is -3.78. The second-order valence-electron chi connectivity index (χ2n) is 9.71. The average molecular weight is 584 g/mol. The number of hydrogen-bond acceptors (Lipinski definition) is 5. The highest BCUT2D eigenvalue weighted by Gasteiger charge is 2.32. The summed E-state index contributed by atoms with van der Waals surface area (Å²) in [6.45, 7) is 2.84. The van der Waals surface area contributed by atoms with Crippen molar-refractivity contribution in [2.75, 3.05) is 32.6 Å². The van der Waals surface area contributed by atoms with Gasteiger partial charge >= 0.3 is 0 Å². The summed E-state index contributed by atoms with van der Waals surface area (Å²) in [6.07, 6.45) is 1.87. The molecule has 0 saturated heterocycles. The largest absolute Gasteiger partial charge is 0.382 e. The lowest BCUT2D eigenvalue weighted by Gasteiger charge is -2.33. The van der Waals surface area contributed by atoms with E-state index in [9.17, 15) is 22.4 Å². The maximum absolute atomic E-state index is 14.0. The highest BCUT2D eigenvalue weighted by Crippen LogP contribution is 2.17. The smallest absolute Gasteiger partial charge is 0.243 e. The van der Waals surface area contributed by atoms with E-state index in [2.05, 4.69) is 5.32 Å². The minimum Gasteiger partial charge on any atom is -0.382 e. The Morgan fingerprint density at radius 1 is 0.878 bits per heavy atom. The van der Waals surface area contributed by atoms with E-state index in [1.54, 1.807) is 36.4 Å². The van der Waals surface area contributed by atoms with Crippen LogP contribution in [0.3, 0.4) is 0 Å². The lowest BCUT2D eigenvalue weighted by atomic mass is 10.0. The van der Waals surface area contributed by atoms with Crippen molar-refractivity contribution in [3.8, 4) is 0 Å². The monoisotopic (exact) mass is 583 g/mol. The Morgan fingerprint density at radius 3 is 2.05 bits per heavy atom. The van der Waals surface area contributed by atoms with Gasteiger partial charge in [-0.05, 0) is 42.2 Å². The van der Waals surface area contributed by atoms with Crippen molar-refractivity contribution in [1.82, 2.24) is 14.5 Å². The van der Waals surface area contributed by atoms with Crippen molar-refractivity contribution in [2.24, 2.45) is 0 Å². The zero-order valence-electron chi connectivity index (χ0n) is 23.5. The van der Waals surface area contributed by atoms with Gasteiger partial charge in [0.2, 0.25) is 21.8 Å². The van der Waals surface area contributed by atoms with Gasteiger partial charge in [-0.1, -0.05) is 72.8 Å². The Morgan fingerprint density at radius 2 is 1.46 bits per heavy atom. The molecule has 0 radical (unpaired) electrons. The van der Waals surface area contributed by atoms with E-state index in [1.165, 1.54) is 17.0 Å². The third-order valence-corrected chi connectivity index (χ3v) is 7.68. The number of nitrogens with zero attached hydrogens (tertiary/aromatic N) is 2. The Kier molecular flexibility index (Phi) is 12.5. The van der Waals surface area contributed by atoms with Crippen LogP contribution in [0.25, 0.3) is 0 Å². The van der Waals surface area contributed by atoms with Gasteiger partial charge < -0.3 is 15.0 Å². The molecule has 0 fully saturated rings. The molecule has 0 saturated carbocycles. The van der Waals surface area contributed by atoms with Crippen molar-refractivity contribution in [2.45, 2.75) is 38.9 Å². The highest BCUT2D eigenvalue weighted by atomic mass is 32.2. The zero-order chi connectivity index (χ0) is 29.7. The molecule has 3 aromatic carbocycles. The molecular formula is C31H38FN3O5S. The first-order valence-corrected chi connectivity index (χ1v) is 15.4. The number of hydrogen-bond donors (Lipinski definition) is 1. The maximum atomic E-state index is 14.0. The van der Waals surface area contributed by atoms with Crippen LogP contribution in [0.1, 0.15) is 30.0 Å². The van der Waals surface area contributed by atoms with Crippen LogP contribution in [-0.2, 0) is 43.9 Å². The van der Waals surface area contributed by atoms with Gasteiger partial charge in [-0.25, -0.2) is 12.8 Å². The molecule has 1 atom stereocenters.